The molecule has 3 aromatic rings. The van der Waals surface area contributed by atoms with E-state index in [1.807, 2.05) is 60.8 Å². The molecule has 1 heterocycles. The summed E-state index contributed by atoms with van der Waals surface area (Å²) in [4.78, 5) is 17.2. The average molecular weight is 250 g/mol. The summed E-state index contributed by atoms with van der Waals surface area (Å²) < 4.78 is 0. The van der Waals surface area contributed by atoms with Gasteiger partial charge in [-0.15, -0.1) is 0 Å². The minimum atomic E-state index is -0.00528. The Hall–Kier alpha value is -2.55. The van der Waals surface area contributed by atoms with Crippen molar-refractivity contribution in [3.63, 3.8) is 0 Å². The Bertz CT molecular complexity index is 716. The van der Waals surface area contributed by atoms with Crippen molar-refractivity contribution in [3.8, 4) is 0 Å². The summed E-state index contributed by atoms with van der Waals surface area (Å²) >= 11 is 0. The summed E-state index contributed by atoms with van der Waals surface area (Å²) in [6.07, 6.45) is 1.87. The van der Waals surface area contributed by atoms with Gasteiger partial charge < -0.3 is 9.88 Å². The number of aromatic amines is 1. The third-order valence-corrected chi connectivity index (χ3v) is 3.25. The van der Waals surface area contributed by atoms with Gasteiger partial charge in [-0.3, -0.25) is 4.79 Å². The van der Waals surface area contributed by atoms with Gasteiger partial charge in [-0.25, -0.2) is 0 Å². The second-order valence-corrected chi connectivity index (χ2v) is 4.48. The van der Waals surface area contributed by atoms with Crippen LogP contribution in [0.4, 0.5) is 5.69 Å². The molecule has 3 heteroatoms. The zero-order valence-corrected chi connectivity index (χ0v) is 10.6. The fraction of sp³-hybridized carbons (Fsp3) is 0.0625. The van der Waals surface area contributed by atoms with Crippen molar-refractivity contribution in [2.45, 2.75) is 0 Å². The first kappa shape index (κ1) is 11.5. The second-order valence-electron chi connectivity index (χ2n) is 4.48. The maximum atomic E-state index is 12.4. The molecule has 0 aliphatic rings. The summed E-state index contributed by atoms with van der Waals surface area (Å²) in [5.74, 6) is -0.00528. The monoisotopic (exact) mass is 250 g/mol. The van der Waals surface area contributed by atoms with Crippen LogP contribution in [-0.2, 0) is 0 Å². The molecule has 0 atom stereocenters. The first-order valence-corrected chi connectivity index (χ1v) is 6.16. The topological polar surface area (TPSA) is 36.1 Å². The molecule has 1 amide bonds. The van der Waals surface area contributed by atoms with Crippen molar-refractivity contribution in [1.29, 1.82) is 0 Å². The minimum Gasteiger partial charge on any atom is -0.361 e. The van der Waals surface area contributed by atoms with Crippen LogP contribution in [0, 0.1) is 0 Å². The molecule has 2 aromatic carbocycles. The SMILES string of the molecule is CN(C(=O)c1ccc2[nH]ccc2c1)c1ccccc1. The standard InChI is InChI=1S/C16H14N2O/c1-18(14-5-3-2-4-6-14)16(19)13-7-8-15-12(11-13)9-10-17-15/h2-11,17H,1H3. The summed E-state index contributed by atoms with van der Waals surface area (Å²) in [6.45, 7) is 0. The summed E-state index contributed by atoms with van der Waals surface area (Å²) in [6, 6.07) is 17.3. The predicted molar refractivity (Wildman–Crippen MR) is 77.5 cm³/mol. The molecule has 0 fully saturated rings. The van der Waals surface area contributed by atoms with Crippen molar-refractivity contribution >= 4 is 22.5 Å². The first-order valence-electron chi connectivity index (χ1n) is 6.16. The summed E-state index contributed by atoms with van der Waals surface area (Å²) in [5, 5.41) is 1.05. The Balaban J connectivity index is 1.95. The fourth-order valence-electron chi connectivity index (χ4n) is 2.15. The van der Waals surface area contributed by atoms with Crippen molar-refractivity contribution in [2.75, 3.05) is 11.9 Å². The Morgan fingerprint density at radius 2 is 1.84 bits per heavy atom. The van der Waals surface area contributed by atoms with Crippen LogP contribution in [-0.4, -0.2) is 17.9 Å². The number of nitrogens with one attached hydrogen (secondary N) is 1. The van der Waals surface area contributed by atoms with E-state index in [4.69, 9.17) is 0 Å². The Morgan fingerprint density at radius 1 is 1.05 bits per heavy atom. The zero-order valence-electron chi connectivity index (χ0n) is 10.6. The minimum absolute atomic E-state index is 0.00528. The molecule has 0 bridgehead atoms. The number of fused-ring (bicyclic) bond motifs is 1. The van der Waals surface area contributed by atoms with E-state index in [0.29, 0.717) is 5.56 Å². The summed E-state index contributed by atoms with van der Waals surface area (Å²) in [7, 11) is 1.79. The number of aromatic nitrogens is 1. The van der Waals surface area contributed by atoms with Gasteiger partial charge in [0.1, 0.15) is 0 Å². The molecule has 0 saturated heterocycles. The number of benzene rings is 2. The van der Waals surface area contributed by atoms with Crippen molar-refractivity contribution in [1.82, 2.24) is 4.98 Å². The Kier molecular flexibility index (Phi) is 2.80. The van der Waals surface area contributed by atoms with Crippen LogP contribution in [0.2, 0.25) is 0 Å². The van der Waals surface area contributed by atoms with Gasteiger partial charge in [-0.1, -0.05) is 18.2 Å². The highest BCUT2D eigenvalue weighted by molar-refractivity contribution is 6.07. The van der Waals surface area contributed by atoms with Gasteiger partial charge in [-0.2, -0.15) is 0 Å². The third-order valence-electron chi connectivity index (χ3n) is 3.25. The lowest BCUT2D eigenvalue weighted by Gasteiger charge is -2.17. The number of H-pyrrole nitrogens is 1. The molecule has 3 rings (SSSR count). The lowest BCUT2D eigenvalue weighted by atomic mass is 10.1. The zero-order chi connectivity index (χ0) is 13.2. The van der Waals surface area contributed by atoms with E-state index in [0.717, 1.165) is 16.6 Å². The maximum Gasteiger partial charge on any atom is 0.258 e. The largest absolute Gasteiger partial charge is 0.361 e. The number of para-hydroxylation sites is 1. The molecule has 0 aliphatic heterocycles. The first-order chi connectivity index (χ1) is 9.25. The van der Waals surface area contributed by atoms with E-state index >= 15 is 0 Å². The predicted octanol–water partition coefficient (Wildman–Crippen LogP) is 3.44. The Morgan fingerprint density at radius 3 is 2.63 bits per heavy atom. The van der Waals surface area contributed by atoms with Crippen LogP contribution < -0.4 is 4.90 Å². The molecular formula is C16H14N2O. The number of anilines is 1. The quantitative estimate of drug-likeness (QED) is 0.743. The molecular weight excluding hydrogens is 236 g/mol. The van der Waals surface area contributed by atoms with Crippen LogP contribution >= 0.6 is 0 Å². The van der Waals surface area contributed by atoms with Gasteiger partial charge in [0, 0.05) is 35.4 Å². The van der Waals surface area contributed by atoms with Gasteiger partial charge in [0.05, 0.1) is 0 Å². The highest BCUT2D eigenvalue weighted by Crippen LogP contribution is 2.18. The molecule has 1 aromatic heterocycles. The van der Waals surface area contributed by atoms with Crippen molar-refractivity contribution < 1.29 is 4.79 Å². The Labute approximate surface area is 111 Å². The molecule has 19 heavy (non-hydrogen) atoms. The lowest BCUT2D eigenvalue weighted by molar-refractivity contribution is 0.0993. The van der Waals surface area contributed by atoms with Gasteiger partial charge in [0.15, 0.2) is 0 Å². The molecule has 94 valence electrons. The molecule has 0 spiro atoms. The van der Waals surface area contributed by atoms with E-state index in [-0.39, 0.29) is 5.91 Å². The van der Waals surface area contributed by atoms with Crippen LogP contribution in [0.5, 0.6) is 0 Å². The lowest BCUT2D eigenvalue weighted by Crippen LogP contribution is -2.25. The third kappa shape index (κ3) is 2.10. The highest BCUT2D eigenvalue weighted by atomic mass is 16.2. The molecule has 0 unspecified atom stereocenters. The molecule has 1 N–H and O–H groups in total. The van der Waals surface area contributed by atoms with Crippen LogP contribution in [0.15, 0.2) is 60.8 Å². The van der Waals surface area contributed by atoms with E-state index in [1.54, 1.807) is 11.9 Å². The van der Waals surface area contributed by atoms with Gasteiger partial charge >= 0.3 is 0 Å². The van der Waals surface area contributed by atoms with Crippen LogP contribution in [0.1, 0.15) is 10.4 Å². The average Bonchev–Trinajstić information content (AvgIpc) is 2.94. The fourth-order valence-corrected chi connectivity index (χ4v) is 2.15. The smallest absolute Gasteiger partial charge is 0.258 e. The number of hydrogen-bond acceptors (Lipinski definition) is 1. The van der Waals surface area contributed by atoms with E-state index in [2.05, 4.69) is 4.98 Å². The number of hydrogen-bond donors (Lipinski definition) is 1. The summed E-state index contributed by atoms with van der Waals surface area (Å²) in [5.41, 5.74) is 2.62. The van der Waals surface area contributed by atoms with Gasteiger partial charge in [-0.05, 0) is 36.4 Å². The molecule has 3 nitrogen and oxygen atoms in total. The highest BCUT2D eigenvalue weighted by Gasteiger charge is 2.13. The number of carbonyl (C=O) groups is 1. The molecule has 0 radical (unpaired) electrons. The maximum absolute atomic E-state index is 12.4. The number of rotatable bonds is 2. The van der Waals surface area contributed by atoms with E-state index in [1.165, 1.54) is 0 Å². The molecule has 0 saturated carbocycles. The van der Waals surface area contributed by atoms with Crippen molar-refractivity contribution in [2.24, 2.45) is 0 Å². The van der Waals surface area contributed by atoms with Crippen LogP contribution in [0.25, 0.3) is 10.9 Å². The normalized spacial score (nSPS) is 10.6. The van der Waals surface area contributed by atoms with Crippen molar-refractivity contribution in [3.05, 3.63) is 66.4 Å². The van der Waals surface area contributed by atoms with E-state index < -0.39 is 0 Å². The van der Waals surface area contributed by atoms with E-state index in [9.17, 15) is 4.79 Å². The van der Waals surface area contributed by atoms with Gasteiger partial charge in [0.25, 0.3) is 5.91 Å². The second kappa shape index (κ2) is 4.61. The number of amides is 1. The van der Waals surface area contributed by atoms with Crippen LogP contribution in [0.3, 0.4) is 0 Å². The molecule has 0 aliphatic carbocycles. The number of carbonyl (C=O) groups excluding carboxylic acids is 1. The van der Waals surface area contributed by atoms with Gasteiger partial charge in [0.2, 0.25) is 0 Å². The number of nitrogens with zero attached hydrogens (tertiary/aromatic N) is 1.